The molecule has 0 aliphatic carbocycles. The van der Waals surface area contributed by atoms with Crippen LogP contribution in [0.15, 0.2) is 6.20 Å². The number of alkyl halides is 1. The van der Waals surface area contributed by atoms with Gasteiger partial charge in [0.2, 0.25) is 0 Å². The lowest BCUT2D eigenvalue weighted by molar-refractivity contribution is -0.153. The van der Waals surface area contributed by atoms with Crippen molar-refractivity contribution in [3.63, 3.8) is 0 Å². The number of ether oxygens (including phenoxy) is 1. The van der Waals surface area contributed by atoms with Gasteiger partial charge < -0.3 is 20.3 Å². The van der Waals surface area contributed by atoms with Crippen molar-refractivity contribution in [2.45, 2.75) is 51.4 Å². The fourth-order valence-electron chi connectivity index (χ4n) is 4.33. The molecule has 4 heterocycles. The summed E-state index contributed by atoms with van der Waals surface area (Å²) in [7, 11) is 1.90. The number of aromatic nitrogens is 4. The minimum Gasteiger partial charge on any atom is -0.464 e. The molecule has 2 aromatic heterocycles. The van der Waals surface area contributed by atoms with Crippen LogP contribution in [0.5, 0.6) is 6.01 Å². The number of nitrogens with zero attached hydrogens (tertiary/aromatic N) is 6. The van der Waals surface area contributed by atoms with Gasteiger partial charge in [0.25, 0.3) is 5.91 Å². The molecule has 168 valence electrons. The average molecular weight is 435 g/mol. The van der Waals surface area contributed by atoms with E-state index in [9.17, 15) is 9.18 Å². The van der Waals surface area contributed by atoms with E-state index in [1.807, 2.05) is 11.9 Å². The summed E-state index contributed by atoms with van der Waals surface area (Å²) in [5.41, 5.74) is 4.25. The van der Waals surface area contributed by atoms with Crippen molar-refractivity contribution in [3.8, 4) is 11.8 Å². The third-order valence-corrected chi connectivity index (χ3v) is 6.17. The standard InChI is InChI=1S/C20H27F2N7O2/c1-5-31-18-24-10-13(21)16(25-18)29-14-12(15(23)26-29)11-28(19(14,2)3)17(30)20(22)6-8-27(4)9-7-20/h10H,5-9,11H2,1-4H3,(H2,23,26). The molecule has 2 aromatic rings. The van der Waals surface area contributed by atoms with Gasteiger partial charge in [-0.15, -0.1) is 5.10 Å². The predicted octanol–water partition coefficient (Wildman–Crippen LogP) is 1.79. The number of halogens is 2. The third-order valence-electron chi connectivity index (χ3n) is 6.17. The molecule has 1 amide bonds. The van der Waals surface area contributed by atoms with E-state index in [2.05, 4.69) is 15.1 Å². The SMILES string of the molecule is CCOc1ncc(F)c(-n2nc(N)c3c2C(C)(C)N(C(=O)C2(F)CCN(C)CC2)C3)n1. The smallest absolute Gasteiger partial charge is 0.318 e. The Labute approximate surface area is 179 Å². The second-order valence-electron chi connectivity index (χ2n) is 8.60. The lowest BCUT2D eigenvalue weighted by atomic mass is 9.90. The van der Waals surface area contributed by atoms with Gasteiger partial charge in [0.1, 0.15) is 0 Å². The first kappa shape index (κ1) is 21.4. The van der Waals surface area contributed by atoms with Crippen molar-refractivity contribution >= 4 is 11.7 Å². The van der Waals surface area contributed by atoms with Crippen molar-refractivity contribution in [2.24, 2.45) is 0 Å². The molecule has 0 aromatic carbocycles. The normalized spacial score (nSPS) is 20.0. The highest BCUT2D eigenvalue weighted by molar-refractivity contribution is 5.87. The van der Waals surface area contributed by atoms with Crippen LogP contribution in [-0.4, -0.2) is 67.9 Å². The lowest BCUT2D eigenvalue weighted by Gasteiger charge is -2.40. The van der Waals surface area contributed by atoms with Crippen molar-refractivity contribution in [3.05, 3.63) is 23.3 Å². The summed E-state index contributed by atoms with van der Waals surface area (Å²) in [5, 5.41) is 4.26. The minimum absolute atomic E-state index is 0.000469. The third kappa shape index (κ3) is 3.40. The maximum atomic E-state index is 15.6. The number of hydrogen-bond donors (Lipinski definition) is 1. The van der Waals surface area contributed by atoms with Crippen molar-refractivity contribution < 1.29 is 18.3 Å². The molecule has 2 aliphatic rings. The number of fused-ring (bicyclic) bond motifs is 1. The van der Waals surface area contributed by atoms with Crippen LogP contribution in [0.3, 0.4) is 0 Å². The zero-order valence-corrected chi connectivity index (χ0v) is 18.2. The number of carbonyl (C=O) groups excluding carboxylic acids is 1. The van der Waals surface area contributed by atoms with E-state index in [0.717, 1.165) is 6.20 Å². The Morgan fingerprint density at radius 3 is 2.65 bits per heavy atom. The number of nitrogen functional groups attached to an aromatic ring is 1. The van der Waals surface area contributed by atoms with Gasteiger partial charge in [-0.2, -0.15) is 4.98 Å². The summed E-state index contributed by atoms with van der Waals surface area (Å²) in [6.45, 7) is 6.73. The summed E-state index contributed by atoms with van der Waals surface area (Å²) >= 11 is 0. The molecule has 0 spiro atoms. The highest BCUT2D eigenvalue weighted by Gasteiger charge is 2.52. The van der Waals surface area contributed by atoms with Gasteiger partial charge in [-0.3, -0.25) is 4.79 Å². The first-order valence-electron chi connectivity index (χ1n) is 10.3. The van der Waals surface area contributed by atoms with Gasteiger partial charge in [-0.05, 0) is 27.8 Å². The average Bonchev–Trinajstić information content (AvgIpc) is 3.20. The van der Waals surface area contributed by atoms with Crippen LogP contribution in [-0.2, 0) is 16.9 Å². The Morgan fingerprint density at radius 1 is 1.32 bits per heavy atom. The van der Waals surface area contributed by atoms with E-state index < -0.39 is 22.9 Å². The van der Waals surface area contributed by atoms with Crippen LogP contribution >= 0.6 is 0 Å². The molecular weight excluding hydrogens is 408 g/mol. The molecule has 9 nitrogen and oxygen atoms in total. The fraction of sp³-hybridized carbons (Fsp3) is 0.600. The van der Waals surface area contributed by atoms with Crippen molar-refractivity contribution in [1.82, 2.24) is 29.5 Å². The molecule has 11 heteroatoms. The molecule has 2 N–H and O–H groups in total. The van der Waals surface area contributed by atoms with Crippen LogP contribution in [0, 0.1) is 5.82 Å². The van der Waals surface area contributed by atoms with Crippen LogP contribution in [0.4, 0.5) is 14.6 Å². The Hall–Kier alpha value is -2.82. The molecule has 1 saturated heterocycles. The van der Waals surface area contributed by atoms with Gasteiger partial charge in [0, 0.05) is 31.5 Å². The Bertz CT molecular complexity index is 1020. The number of piperidine rings is 1. The largest absolute Gasteiger partial charge is 0.464 e. The number of hydrogen-bond acceptors (Lipinski definition) is 7. The number of likely N-dealkylation sites (tertiary alicyclic amines) is 1. The van der Waals surface area contributed by atoms with E-state index in [0.29, 0.717) is 31.0 Å². The van der Waals surface area contributed by atoms with E-state index in [1.165, 1.54) is 9.58 Å². The van der Waals surface area contributed by atoms with E-state index in [-0.39, 0.29) is 37.0 Å². The van der Waals surface area contributed by atoms with Crippen molar-refractivity contribution in [2.75, 3.05) is 32.5 Å². The quantitative estimate of drug-likeness (QED) is 0.781. The molecule has 1 fully saturated rings. The Kier molecular flexibility index (Phi) is 5.11. The van der Waals surface area contributed by atoms with Crippen LogP contribution in [0.25, 0.3) is 5.82 Å². The molecule has 0 unspecified atom stereocenters. The number of amides is 1. The van der Waals surface area contributed by atoms with Gasteiger partial charge in [-0.1, -0.05) is 0 Å². The second kappa shape index (κ2) is 7.40. The monoisotopic (exact) mass is 435 g/mol. The van der Waals surface area contributed by atoms with Crippen LogP contribution in [0.1, 0.15) is 44.9 Å². The summed E-state index contributed by atoms with van der Waals surface area (Å²) < 4.78 is 36.8. The zero-order valence-electron chi connectivity index (χ0n) is 18.2. The first-order chi connectivity index (χ1) is 14.6. The molecule has 31 heavy (non-hydrogen) atoms. The molecule has 0 radical (unpaired) electrons. The lowest BCUT2D eigenvalue weighted by Crippen LogP contribution is -2.54. The predicted molar refractivity (Wildman–Crippen MR) is 109 cm³/mol. The Balaban J connectivity index is 1.74. The van der Waals surface area contributed by atoms with Crippen molar-refractivity contribution in [1.29, 1.82) is 0 Å². The molecular formula is C20H27F2N7O2. The number of anilines is 1. The zero-order chi connectivity index (χ0) is 22.6. The summed E-state index contributed by atoms with van der Waals surface area (Å²) in [5.74, 6) is -1.29. The molecule has 0 atom stereocenters. The maximum Gasteiger partial charge on any atom is 0.318 e. The van der Waals surface area contributed by atoms with Gasteiger partial charge in [0.15, 0.2) is 23.1 Å². The van der Waals surface area contributed by atoms with Crippen LogP contribution in [0.2, 0.25) is 0 Å². The molecule has 0 saturated carbocycles. The second-order valence-corrected chi connectivity index (χ2v) is 8.60. The highest BCUT2D eigenvalue weighted by atomic mass is 19.1. The van der Waals surface area contributed by atoms with E-state index >= 15 is 4.39 Å². The summed E-state index contributed by atoms with van der Waals surface area (Å²) in [6, 6.07) is -0.000469. The Morgan fingerprint density at radius 2 is 2.00 bits per heavy atom. The molecule has 0 bridgehead atoms. The number of rotatable bonds is 4. The topological polar surface area (TPSA) is 102 Å². The summed E-state index contributed by atoms with van der Waals surface area (Å²) in [6.07, 6.45) is 1.26. The number of nitrogens with two attached hydrogens (primary N) is 1. The van der Waals surface area contributed by atoms with Gasteiger partial charge >= 0.3 is 6.01 Å². The van der Waals surface area contributed by atoms with Gasteiger partial charge in [0.05, 0.1) is 30.6 Å². The van der Waals surface area contributed by atoms with Gasteiger partial charge in [-0.25, -0.2) is 18.4 Å². The molecule has 4 rings (SSSR count). The first-order valence-corrected chi connectivity index (χ1v) is 10.3. The van der Waals surface area contributed by atoms with E-state index in [1.54, 1.807) is 20.8 Å². The van der Waals surface area contributed by atoms with Crippen LogP contribution < -0.4 is 10.5 Å². The molecule has 2 aliphatic heterocycles. The summed E-state index contributed by atoms with van der Waals surface area (Å²) in [4.78, 5) is 24.7. The highest BCUT2D eigenvalue weighted by Crippen LogP contribution is 2.45. The minimum atomic E-state index is -1.94. The number of carbonyl (C=O) groups is 1. The fourth-order valence-corrected chi connectivity index (χ4v) is 4.33. The maximum absolute atomic E-state index is 15.6. The van der Waals surface area contributed by atoms with E-state index in [4.69, 9.17) is 10.5 Å².